The first-order valence-electron chi connectivity index (χ1n) is 9.19. The summed E-state index contributed by atoms with van der Waals surface area (Å²) in [7, 11) is 0. The molecule has 3 aliphatic carbocycles. The van der Waals surface area contributed by atoms with E-state index >= 15 is 0 Å². The Hall–Kier alpha value is -1.43. The molecule has 4 rings (SSSR count). The largest absolute Gasteiger partial charge is 0.464 e. The first kappa shape index (κ1) is 18.4. The molecule has 0 amide bonds. The number of rotatable bonds is 4. The van der Waals surface area contributed by atoms with Gasteiger partial charge in [0, 0.05) is 5.92 Å². The van der Waals surface area contributed by atoms with Crippen LogP contribution in [0.4, 0.5) is 0 Å². The van der Waals surface area contributed by atoms with Gasteiger partial charge in [-0.15, -0.1) is 0 Å². The van der Waals surface area contributed by atoms with E-state index in [1.165, 1.54) is 0 Å². The van der Waals surface area contributed by atoms with E-state index in [-0.39, 0.29) is 17.9 Å². The maximum absolute atomic E-state index is 12.8. The van der Waals surface area contributed by atoms with Gasteiger partial charge >= 0.3 is 11.9 Å². The molecule has 0 spiro atoms. The van der Waals surface area contributed by atoms with E-state index in [2.05, 4.69) is 18.8 Å². The van der Waals surface area contributed by atoms with Gasteiger partial charge in [-0.05, 0) is 43.9 Å². The first-order valence-corrected chi connectivity index (χ1v) is 9.19. The lowest BCUT2D eigenvalue weighted by Crippen LogP contribution is -2.70. The van der Waals surface area contributed by atoms with Gasteiger partial charge in [0.15, 0.2) is 17.2 Å². The predicted molar refractivity (Wildman–Crippen MR) is 92.1 cm³/mol. The summed E-state index contributed by atoms with van der Waals surface area (Å²) < 4.78 is 10.9. The molecule has 0 unspecified atom stereocenters. The van der Waals surface area contributed by atoms with Crippen molar-refractivity contribution in [2.45, 2.75) is 71.6 Å². The second-order valence-electron chi connectivity index (χ2n) is 8.72. The lowest BCUT2D eigenvalue weighted by atomic mass is 9.43. The number of nitrogens with zero attached hydrogens (tertiary/aromatic N) is 1. The van der Waals surface area contributed by atoms with Crippen LogP contribution < -0.4 is 0 Å². The minimum Gasteiger partial charge on any atom is -0.464 e. The molecule has 0 aromatic rings. The molecular weight excluding hydrogens is 322 g/mol. The van der Waals surface area contributed by atoms with Gasteiger partial charge in [0.1, 0.15) is 0 Å². The van der Waals surface area contributed by atoms with Gasteiger partial charge in [-0.2, -0.15) is 0 Å². The number of aliphatic hydroxyl groups is 1. The van der Waals surface area contributed by atoms with Crippen LogP contribution in [-0.4, -0.2) is 46.6 Å². The zero-order valence-corrected chi connectivity index (χ0v) is 16.0. The minimum atomic E-state index is -2.02. The topological polar surface area (TPSA) is 85.2 Å². The first-order chi connectivity index (χ1) is 11.5. The summed E-state index contributed by atoms with van der Waals surface area (Å²) in [6, 6.07) is -1.27. The van der Waals surface area contributed by atoms with Gasteiger partial charge < -0.3 is 14.6 Å². The van der Waals surface area contributed by atoms with Crippen LogP contribution in [0.2, 0.25) is 0 Å². The maximum atomic E-state index is 12.8. The Labute approximate surface area is 149 Å². The Balaban J connectivity index is 2.00. The fourth-order valence-electron chi connectivity index (χ4n) is 4.91. The third kappa shape index (κ3) is 2.29. The molecule has 1 aliphatic heterocycles. The molecule has 6 heteroatoms. The SMILES string of the molecule is CCOC(=O)[C@](O)(C(C)C)[C@@H]1N=C2C[C@@H]3C[C@@H](C3(C)C)[C@@]2(C)OC1=O. The Bertz CT molecular complexity index is 640. The highest BCUT2D eigenvalue weighted by Crippen LogP contribution is 2.63. The molecule has 1 heterocycles. The standard InChI is InChI=1S/C19H29NO5/c1-7-24-16(22)19(23,10(2)3)14-15(21)25-18(6)12-8-11(17(12,4)5)9-13(18)20-14/h10-12,14,23H,7-9H2,1-6H3/t11-,12-,14+,18+,19-/m0/s1. The van der Waals surface area contributed by atoms with Crippen LogP contribution in [0.25, 0.3) is 0 Å². The molecule has 0 aromatic heterocycles. The highest BCUT2D eigenvalue weighted by atomic mass is 16.6. The summed E-state index contributed by atoms with van der Waals surface area (Å²) in [5, 5.41) is 11.1. The van der Waals surface area contributed by atoms with E-state index in [4.69, 9.17) is 9.47 Å². The van der Waals surface area contributed by atoms with Crippen LogP contribution in [-0.2, 0) is 19.1 Å². The number of carbonyl (C=O) groups excluding carboxylic acids is 2. The van der Waals surface area contributed by atoms with E-state index in [0.29, 0.717) is 5.92 Å². The molecule has 25 heavy (non-hydrogen) atoms. The molecule has 0 radical (unpaired) electrons. The summed E-state index contributed by atoms with van der Waals surface area (Å²) in [6.07, 6.45) is 1.76. The summed E-state index contributed by atoms with van der Waals surface area (Å²) in [4.78, 5) is 29.8. The van der Waals surface area contributed by atoms with Crippen molar-refractivity contribution in [1.29, 1.82) is 0 Å². The third-order valence-corrected chi connectivity index (χ3v) is 6.87. The van der Waals surface area contributed by atoms with Crippen LogP contribution in [0.15, 0.2) is 4.99 Å². The fraction of sp³-hybridized carbons (Fsp3) is 0.842. The van der Waals surface area contributed by atoms with Crippen molar-refractivity contribution in [3.63, 3.8) is 0 Å². The summed E-state index contributed by atoms with van der Waals surface area (Å²) >= 11 is 0. The smallest absolute Gasteiger partial charge is 0.341 e. The number of hydrogen-bond donors (Lipinski definition) is 1. The van der Waals surface area contributed by atoms with E-state index in [1.807, 2.05) is 6.92 Å². The van der Waals surface area contributed by atoms with Crippen molar-refractivity contribution < 1.29 is 24.2 Å². The average Bonchev–Trinajstić information content (AvgIpc) is 2.51. The zero-order valence-electron chi connectivity index (χ0n) is 16.0. The molecule has 0 saturated heterocycles. The van der Waals surface area contributed by atoms with E-state index in [1.54, 1.807) is 20.8 Å². The van der Waals surface area contributed by atoms with Crippen LogP contribution in [0, 0.1) is 23.2 Å². The van der Waals surface area contributed by atoms with Gasteiger partial charge in [0.05, 0.1) is 12.3 Å². The Morgan fingerprint density at radius 2 is 2.08 bits per heavy atom. The van der Waals surface area contributed by atoms with Gasteiger partial charge in [-0.3, -0.25) is 4.99 Å². The van der Waals surface area contributed by atoms with Crippen LogP contribution in [0.3, 0.4) is 0 Å². The molecule has 1 N–H and O–H groups in total. The number of aliphatic imine (C=N–C) groups is 1. The van der Waals surface area contributed by atoms with Crippen molar-refractivity contribution in [2.24, 2.45) is 28.2 Å². The Kier molecular flexibility index (Phi) is 4.06. The third-order valence-electron chi connectivity index (χ3n) is 6.87. The minimum absolute atomic E-state index is 0.108. The number of hydrogen-bond acceptors (Lipinski definition) is 6. The lowest BCUT2D eigenvalue weighted by molar-refractivity contribution is -0.201. The molecule has 2 bridgehead atoms. The molecule has 4 aliphatic rings. The van der Waals surface area contributed by atoms with Crippen molar-refractivity contribution in [2.75, 3.05) is 6.61 Å². The molecule has 5 atom stereocenters. The fourth-order valence-corrected chi connectivity index (χ4v) is 4.91. The number of esters is 2. The zero-order chi connectivity index (χ0) is 18.8. The van der Waals surface area contributed by atoms with Crippen molar-refractivity contribution in [1.82, 2.24) is 0 Å². The Morgan fingerprint density at radius 3 is 2.60 bits per heavy atom. The molecule has 3 saturated carbocycles. The van der Waals surface area contributed by atoms with Gasteiger partial charge in [-0.25, -0.2) is 9.59 Å². The quantitative estimate of drug-likeness (QED) is 0.784. The molecular formula is C19H29NO5. The summed E-state index contributed by atoms with van der Waals surface area (Å²) in [5.74, 6) is -1.28. The number of ether oxygens (including phenoxy) is 2. The van der Waals surface area contributed by atoms with Crippen LogP contribution in [0.1, 0.15) is 54.4 Å². The molecule has 0 aromatic carbocycles. The van der Waals surface area contributed by atoms with Crippen LogP contribution in [0.5, 0.6) is 0 Å². The molecule has 3 fully saturated rings. The normalized spacial score (nSPS) is 38.0. The average molecular weight is 351 g/mol. The van der Waals surface area contributed by atoms with Gasteiger partial charge in [0.25, 0.3) is 0 Å². The highest BCUT2D eigenvalue weighted by molar-refractivity contribution is 6.03. The monoisotopic (exact) mass is 351 g/mol. The van der Waals surface area contributed by atoms with Crippen molar-refractivity contribution in [3.8, 4) is 0 Å². The highest BCUT2D eigenvalue weighted by Gasteiger charge is 2.67. The molecule has 140 valence electrons. The summed E-state index contributed by atoms with van der Waals surface area (Å²) in [5.41, 5.74) is -1.85. The van der Waals surface area contributed by atoms with Crippen molar-refractivity contribution >= 4 is 17.7 Å². The van der Waals surface area contributed by atoms with Crippen LogP contribution >= 0.6 is 0 Å². The van der Waals surface area contributed by atoms with E-state index < -0.39 is 35.1 Å². The van der Waals surface area contributed by atoms with Crippen molar-refractivity contribution in [3.05, 3.63) is 0 Å². The summed E-state index contributed by atoms with van der Waals surface area (Å²) in [6.45, 7) is 11.5. The van der Waals surface area contributed by atoms with Gasteiger partial charge in [0.2, 0.25) is 0 Å². The molecule has 6 nitrogen and oxygen atoms in total. The Morgan fingerprint density at radius 1 is 1.44 bits per heavy atom. The number of carbonyl (C=O) groups is 2. The van der Waals surface area contributed by atoms with E-state index in [9.17, 15) is 14.7 Å². The predicted octanol–water partition coefficient (Wildman–Crippen LogP) is 2.13. The second-order valence-corrected chi connectivity index (χ2v) is 8.72. The maximum Gasteiger partial charge on any atom is 0.341 e. The second kappa shape index (κ2) is 5.53. The van der Waals surface area contributed by atoms with E-state index in [0.717, 1.165) is 18.6 Å². The van der Waals surface area contributed by atoms with Gasteiger partial charge in [-0.1, -0.05) is 27.7 Å². The lowest BCUT2D eigenvalue weighted by Gasteiger charge is -2.64.